The molecule has 0 aromatic heterocycles. The van der Waals surface area contributed by atoms with Crippen LogP contribution in [0.15, 0.2) is 164 Å². The van der Waals surface area contributed by atoms with E-state index in [4.69, 9.17) is 0 Å². The van der Waals surface area contributed by atoms with E-state index in [0.717, 1.165) is 11.4 Å². The van der Waals surface area contributed by atoms with Crippen LogP contribution in [0.2, 0.25) is 0 Å². The summed E-state index contributed by atoms with van der Waals surface area (Å²) in [6.45, 7) is 13.4. The van der Waals surface area contributed by atoms with E-state index in [1.54, 1.807) is 0 Å². The lowest BCUT2D eigenvalue weighted by molar-refractivity contribution is 0.660. The average molecular weight is 656 g/mol. The number of hydrogen-bond acceptors (Lipinski definition) is 1. The lowest BCUT2D eigenvalue weighted by atomic mass is 9.81. The van der Waals surface area contributed by atoms with E-state index in [2.05, 4.69) is 191 Å². The zero-order chi connectivity index (χ0) is 34.9. The van der Waals surface area contributed by atoms with E-state index in [1.807, 2.05) is 12.2 Å². The third-order valence-electron chi connectivity index (χ3n) is 11.4. The van der Waals surface area contributed by atoms with Crippen LogP contribution >= 0.6 is 0 Å². The first kappa shape index (κ1) is 31.1. The molecule has 0 radical (unpaired) electrons. The second-order valence-corrected chi connectivity index (χ2v) is 15.0. The summed E-state index contributed by atoms with van der Waals surface area (Å²) in [6.07, 6.45) is 10.3. The zero-order valence-electron chi connectivity index (χ0n) is 29.7. The molecule has 0 N–H and O–H groups in total. The SMILES string of the molecule is C=C/C=C\C=C/c1c2ccccc2c(N(c2ccccc2)c2ccc3c(c2)C(C)(C)c2ccccc2-3)c2cc3c(cc12)C(C)(C)c1ccccc1-3. The number of hydrogen-bond donors (Lipinski definition) is 0. The van der Waals surface area contributed by atoms with E-state index in [-0.39, 0.29) is 10.8 Å². The van der Waals surface area contributed by atoms with Gasteiger partial charge in [-0.3, -0.25) is 0 Å². The molecule has 7 aromatic rings. The van der Waals surface area contributed by atoms with Crippen LogP contribution < -0.4 is 4.90 Å². The average Bonchev–Trinajstić information content (AvgIpc) is 3.53. The Morgan fingerprint density at radius 1 is 0.451 bits per heavy atom. The smallest absolute Gasteiger partial charge is 0.0619 e. The molecule has 0 spiro atoms. The molecular weight excluding hydrogens is 615 g/mol. The minimum atomic E-state index is -0.116. The number of nitrogens with zero attached hydrogens (tertiary/aromatic N) is 1. The molecule has 0 bridgehead atoms. The molecule has 0 aliphatic heterocycles. The molecular formula is C50H41N. The van der Waals surface area contributed by atoms with Gasteiger partial charge in [-0.15, -0.1) is 0 Å². The first-order valence-electron chi connectivity index (χ1n) is 18.0. The molecule has 0 saturated carbocycles. The number of para-hydroxylation sites is 1. The summed E-state index contributed by atoms with van der Waals surface area (Å²) < 4.78 is 0. The Morgan fingerprint density at radius 3 is 1.75 bits per heavy atom. The van der Waals surface area contributed by atoms with Gasteiger partial charge in [-0.1, -0.05) is 162 Å². The third-order valence-corrected chi connectivity index (χ3v) is 11.4. The maximum Gasteiger partial charge on any atom is 0.0619 e. The molecule has 2 aliphatic carbocycles. The highest BCUT2D eigenvalue weighted by Crippen LogP contribution is 2.55. The molecule has 0 heterocycles. The van der Waals surface area contributed by atoms with Gasteiger partial charge >= 0.3 is 0 Å². The van der Waals surface area contributed by atoms with E-state index < -0.39 is 0 Å². The summed E-state index contributed by atoms with van der Waals surface area (Å²) in [6, 6.07) is 49.8. The Morgan fingerprint density at radius 2 is 1.04 bits per heavy atom. The van der Waals surface area contributed by atoms with Gasteiger partial charge in [-0.05, 0) is 97.2 Å². The van der Waals surface area contributed by atoms with Crippen molar-refractivity contribution in [2.24, 2.45) is 0 Å². The number of benzene rings is 7. The summed E-state index contributed by atoms with van der Waals surface area (Å²) in [7, 11) is 0. The van der Waals surface area contributed by atoms with Crippen molar-refractivity contribution in [1.82, 2.24) is 0 Å². The molecule has 2 aliphatic rings. The van der Waals surface area contributed by atoms with Gasteiger partial charge < -0.3 is 4.90 Å². The first-order chi connectivity index (χ1) is 24.8. The molecule has 246 valence electrons. The topological polar surface area (TPSA) is 3.24 Å². The Balaban J connectivity index is 1.40. The molecule has 0 atom stereocenters. The van der Waals surface area contributed by atoms with E-state index >= 15 is 0 Å². The van der Waals surface area contributed by atoms with E-state index in [1.165, 1.54) is 77.3 Å². The van der Waals surface area contributed by atoms with Gasteiger partial charge in [-0.2, -0.15) is 0 Å². The first-order valence-corrected chi connectivity index (χ1v) is 18.0. The monoisotopic (exact) mass is 655 g/mol. The highest BCUT2D eigenvalue weighted by Gasteiger charge is 2.38. The van der Waals surface area contributed by atoms with Crippen molar-refractivity contribution in [3.05, 3.63) is 192 Å². The standard InChI is InChI=1S/C50H41N/c1-6-7-8-12-21-36-35-22-13-14-25-40(35)48(43-31-42-38-24-16-18-27-45(38)50(4,5)47(42)32-41(36)43)51(33-19-10-9-11-20-33)34-28-29-39-37-23-15-17-26-44(37)49(2,3)46(39)30-34/h6-32H,1H2,2-5H3/b8-7-,21-12-. The zero-order valence-corrected chi connectivity index (χ0v) is 29.7. The van der Waals surface area contributed by atoms with Crippen LogP contribution in [0.5, 0.6) is 0 Å². The molecule has 9 rings (SSSR count). The van der Waals surface area contributed by atoms with Crippen molar-refractivity contribution in [2.45, 2.75) is 38.5 Å². The van der Waals surface area contributed by atoms with Crippen molar-refractivity contribution in [2.75, 3.05) is 4.90 Å². The Bertz CT molecular complexity index is 2600. The van der Waals surface area contributed by atoms with Crippen LogP contribution in [0.3, 0.4) is 0 Å². The Labute approximate surface area is 301 Å². The van der Waals surface area contributed by atoms with Crippen LogP contribution in [0.4, 0.5) is 17.1 Å². The predicted octanol–water partition coefficient (Wildman–Crippen LogP) is 13.8. The lowest BCUT2D eigenvalue weighted by Crippen LogP contribution is -2.17. The summed E-state index contributed by atoms with van der Waals surface area (Å²) >= 11 is 0. The molecule has 0 amide bonds. The maximum atomic E-state index is 3.88. The fraction of sp³-hybridized carbons (Fsp3) is 0.120. The van der Waals surface area contributed by atoms with Crippen molar-refractivity contribution in [3.63, 3.8) is 0 Å². The van der Waals surface area contributed by atoms with Crippen LogP contribution in [-0.4, -0.2) is 0 Å². The van der Waals surface area contributed by atoms with Gasteiger partial charge in [0.05, 0.1) is 5.69 Å². The van der Waals surface area contributed by atoms with Gasteiger partial charge in [0.2, 0.25) is 0 Å². The Hall–Kier alpha value is -5.92. The minimum Gasteiger partial charge on any atom is -0.309 e. The largest absolute Gasteiger partial charge is 0.309 e. The van der Waals surface area contributed by atoms with Crippen LogP contribution in [-0.2, 0) is 10.8 Å². The highest BCUT2D eigenvalue weighted by atomic mass is 15.1. The van der Waals surface area contributed by atoms with Gasteiger partial charge in [0, 0.05) is 33.0 Å². The van der Waals surface area contributed by atoms with Crippen molar-refractivity contribution in [3.8, 4) is 22.3 Å². The third kappa shape index (κ3) is 4.61. The second-order valence-electron chi connectivity index (χ2n) is 15.0. The van der Waals surface area contributed by atoms with Gasteiger partial charge in [0.15, 0.2) is 0 Å². The number of fused-ring (bicyclic) bond motifs is 8. The molecule has 1 heteroatoms. The fourth-order valence-corrected chi connectivity index (χ4v) is 8.91. The fourth-order valence-electron chi connectivity index (χ4n) is 8.91. The van der Waals surface area contributed by atoms with Gasteiger partial charge in [0.1, 0.15) is 0 Å². The maximum absolute atomic E-state index is 3.88. The van der Waals surface area contributed by atoms with Crippen molar-refractivity contribution >= 4 is 44.7 Å². The predicted molar refractivity (Wildman–Crippen MR) is 220 cm³/mol. The van der Waals surface area contributed by atoms with Gasteiger partial charge in [-0.25, -0.2) is 0 Å². The van der Waals surface area contributed by atoms with Crippen LogP contribution in [0.1, 0.15) is 55.5 Å². The number of rotatable bonds is 6. The molecule has 1 nitrogen and oxygen atoms in total. The number of allylic oxidation sites excluding steroid dienone is 4. The molecule has 0 unspecified atom stereocenters. The molecule has 51 heavy (non-hydrogen) atoms. The quantitative estimate of drug-likeness (QED) is 0.127. The van der Waals surface area contributed by atoms with E-state index in [9.17, 15) is 0 Å². The summed E-state index contributed by atoms with van der Waals surface area (Å²) in [5.41, 5.74) is 15.3. The molecule has 7 aromatic carbocycles. The van der Waals surface area contributed by atoms with Crippen molar-refractivity contribution < 1.29 is 0 Å². The molecule has 0 fully saturated rings. The Kier molecular flexibility index (Phi) is 7.05. The lowest BCUT2D eigenvalue weighted by Gasteiger charge is -2.31. The summed E-state index contributed by atoms with van der Waals surface area (Å²) in [5, 5.41) is 4.93. The summed E-state index contributed by atoms with van der Waals surface area (Å²) in [4.78, 5) is 2.51. The highest BCUT2D eigenvalue weighted by molar-refractivity contribution is 6.20. The van der Waals surface area contributed by atoms with Crippen LogP contribution in [0.25, 0.3) is 49.9 Å². The summed E-state index contributed by atoms with van der Waals surface area (Å²) in [5.74, 6) is 0. The van der Waals surface area contributed by atoms with E-state index in [0.29, 0.717) is 0 Å². The van der Waals surface area contributed by atoms with Crippen LogP contribution in [0, 0.1) is 0 Å². The normalized spacial score (nSPS) is 14.9. The van der Waals surface area contributed by atoms with Crippen molar-refractivity contribution in [1.29, 1.82) is 0 Å². The minimum absolute atomic E-state index is 0.113. The second kappa shape index (κ2) is 11.6. The molecule has 0 saturated heterocycles. The van der Waals surface area contributed by atoms with Gasteiger partial charge in [0.25, 0.3) is 0 Å². The number of anilines is 3.